The minimum absolute atomic E-state index is 0.113. The maximum atomic E-state index is 12.5. The molecule has 1 aromatic heterocycles. The molecule has 1 saturated heterocycles. The van der Waals surface area contributed by atoms with Crippen LogP contribution in [-0.2, 0) is 4.79 Å². The molecule has 0 N–H and O–H groups in total. The van der Waals surface area contributed by atoms with Crippen molar-refractivity contribution >= 4 is 5.91 Å². The molecule has 24 heavy (non-hydrogen) atoms. The fraction of sp³-hybridized carbons (Fsp3) is 0.444. The number of carbonyl (C=O) groups excluding carboxylic acids is 1. The van der Waals surface area contributed by atoms with E-state index in [1.165, 1.54) is 0 Å². The van der Waals surface area contributed by atoms with E-state index in [4.69, 9.17) is 9.47 Å². The molecule has 128 valence electrons. The van der Waals surface area contributed by atoms with Crippen LogP contribution in [0.5, 0.6) is 11.5 Å². The minimum Gasteiger partial charge on any atom is -0.497 e. The zero-order valence-electron chi connectivity index (χ0n) is 14.1. The Morgan fingerprint density at radius 3 is 2.46 bits per heavy atom. The van der Waals surface area contributed by atoms with Gasteiger partial charge in [0.05, 0.1) is 7.11 Å². The van der Waals surface area contributed by atoms with Crippen LogP contribution in [0, 0.1) is 0 Å². The van der Waals surface area contributed by atoms with Gasteiger partial charge in [0.25, 0.3) is 0 Å². The molecular formula is C18H23N3O3. The highest BCUT2D eigenvalue weighted by molar-refractivity contribution is 5.80. The van der Waals surface area contributed by atoms with E-state index >= 15 is 0 Å². The molecule has 0 spiro atoms. The minimum atomic E-state index is -0.265. The maximum absolute atomic E-state index is 12.5. The highest BCUT2D eigenvalue weighted by atomic mass is 16.5. The number of nitrogens with zero attached hydrogens (tertiary/aromatic N) is 3. The van der Waals surface area contributed by atoms with E-state index in [2.05, 4.69) is 5.10 Å². The highest BCUT2D eigenvalue weighted by Crippen LogP contribution is 2.23. The lowest BCUT2D eigenvalue weighted by molar-refractivity contribution is -0.136. The first kappa shape index (κ1) is 16.4. The molecule has 1 aliphatic heterocycles. The van der Waals surface area contributed by atoms with E-state index in [0.29, 0.717) is 13.1 Å². The lowest BCUT2D eigenvalue weighted by Crippen LogP contribution is -2.44. The molecule has 2 heterocycles. The zero-order valence-corrected chi connectivity index (χ0v) is 14.1. The lowest BCUT2D eigenvalue weighted by Gasteiger charge is -2.33. The smallest absolute Gasteiger partial charge is 0.247 e. The predicted octanol–water partition coefficient (Wildman–Crippen LogP) is 2.52. The Balaban J connectivity index is 1.50. The third-order valence-electron chi connectivity index (χ3n) is 4.39. The first-order chi connectivity index (χ1) is 11.7. The number of piperidine rings is 1. The number of ether oxygens (including phenoxy) is 2. The molecule has 0 saturated carbocycles. The van der Waals surface area contributed by atoms with Gasteiger partial charge in [0.1, 0.15) is 23.6 Å². The van der Waals surface area contributed by atoms with Gasteiger partial charge in [0.15, 0.2) is 0 Å². The van der Waals surface area contributed by atoms with E-state index in [-0.39, 0.29) is 18.1 Å². The number of hydrogen-bond donors (Lipinski definition) is 0. The van der Waals surface area contributed by atoms with Gasteiger partial charge in [-0.2, -0.15) is 5.10 Å². The van der Waals surface area contributed by atoms with Crippen LogP contribution in [0.1, 0.15) is 25.8 Å². The number of aromatic nitrogens is 2. The van der Waals surface area contributed by atoms with Crippen molar-refractivity contribution in [1.82, 2.24) is 14.7 Å². The molecule has 6 heteroatoms. The van der Waals surface area contributed by atoms with Crippen LogP contribution in [0.4, 0.5) is 0 Å². The molecule has 0 radical (unpaired) electrons. The van der Waals surface area contributed by atoms with Gasteiger partial charge in [-0.05, 0) is 37.3 Å². The molecule has 3 rings (SSSR count). The van der Waals surface area contributed by atoms with Gasteiger partial charge in [0, 0.05) is 38.3 Å². The molecule has 0 unspecified atom stereocenters. The van der Waals surface area contributed by atoms with Crippen molar-refractivity contribution in [2.45, 2.75) is 31.9 Å². The Hall–Kier alpha value is -2.50. The fourth-order valence-corrected chi connectivity index (χ4v) is 2.93. The summed E-state index contributed by atoms with van der Waals surface area (Å²) >= 11 is 0. The average molecular weight is 329 g/mol. The molecule has 1 fully saturated rings. The molecule has 1 atom stereocenters. The normalized spacial score (nSPS) is 16.7. The van der Waals surface area contributed by atoms with Gasteiger partial charge in [-0.15, -0.1) is 0 Å². The van der Waals surface area contributed by atoms with Crippen molar-refractivity contribution < 1.29 is 14.3 Å². The number of amides is 1. The number of rotatable bonds is 5. The van der Waals surface area contributed by atoms with Crippen LogP contribution in [0.2, 0.25) is 0 Å². The van der Waals surface area contributed by atoms with Crippen LogP contribution in [0.15, 0.2) is 42.7 Å². The fourth-order valence-electron chi connectivity index (χ4n) is 2.93. The Labute approximate surface area is 142 Å². The molecular weight excluding hydrogens is 306 g/mol. The van der Waals surface area contributed by atoms with Crippen LogP contribution < -0.4 is 9.47 Å². The first-order valence-electron chi connectivity index (χ1n) is 8.26. The van der Waals surface area contributed by atoms with Crippen molar-refractivity contribution in [2.75, 3.05) is 20.2 Å². The second kappa shape index (κ2) is 7.38. The summed E-state index contributed by atoms with van der Waals surface area (Å²) in [6.45, 7) is 3.31. The molecule has 6 nitrogen and oxygen atoms in total. The van der Waals surface area contributed by atoms with E-state index < -0.39 is 0 Å². The van der Waals surface area contributed by atoms with Crippen molar-refractivity contribution in [1.29, 1.82) is 0 Å². The Kier molecular flexibility index (Phi) is 5.03. The summed E-state index contributed by atoms with van der Waals surface area (Å²) < 4.78 is 12.8. The Morgan fingerprint density at radius 1 is 1.21 bits per heavy atom. The number of likely N-dealkylation sites (tertiary alicyclic amines) is 1. The Bertz CT molecular complexity index is 647. The summed E-state index contributed by atoms with van der Waals surface area (Å²) in [6.07, 6.45) is 5.33. The largest absolute Gasteiger partial charge is 0.497 e. The van der Waals surface area contributed by atoms with Gasteiger partial charge in [-0.25, -0.2) is 0 Å². The van der Waals surface area contributed by atoms with Gasteiger partial charge in [-0.3, -0.25) is 9.48 Å². The summed E-state index contributed by atoms with van der Waals surface area (Å²) in [5, 5.41) is 4.15. The zero-order chi connectivity index (χ0) is 16.9. The first-order valence-corrected chi connectivity index (χ1v) is 8.26. The van der Waals surface area contributed by atoms with Gasteiger partial charge < -0.3 is 14.4 Å². The van der Waals surface area contributed by atoms with Crippen molar-refractivity contribution in [3.05, 3.63) is 42.7 Å². The molecule has 1 aliphatic rings. The number of carbonyl (C=O) groups is 1. The predicted molar refractivity (Wildman–Crippen MR) is 90.2 cm³/mol. The molecule has 0 aliphatic carbocycles. The lowest BCUT2D eigenvalue weighted by atomic mass is 10.1. The standard InChI is InChI=1S/C18H23N3O3/c1-14(21-11-3-10-19-21)18(22)20-12-8-17(9-13-20)24-16-6-4-15(23-2)5-7-16/h3-7,10-11,14,17H,8-9,12-13H2,1-2H3/t14-/m1/s1. The summed E-state index contributed by atoms with van der Waals surface area (Å²) in [6, 6.07) is 9.17. The monoisotopic (exact) mass is 329 g/mol. The number of benzene rings is 1. The molecule has 2 aromatic rings. The highest BCUT2D eigenvalue weighted by Gasteiger charge is 2.27. The summed E-state index contributed by atoms with van der Waals surface area (Å²) in [5.74, 6) is 1.77. The van der Waals surface area contributed by atoms with Crippen LogP contribution in [0.25, 0.3) is 0 Å². The van der Waals surface area contributed by atoms with E-state index in [0.717, 1.165) is 24.3 Å². The average Bonchev–Trinajstić information content (AvgIpc) is 3.16. The quantitative estimate of drug-likeness (QED) is 0.846. The molecule has 1 amide bonds. The van der Waals surface area contributed by atoms with Crippen molar-refractivity contribution in [3.63, 3.8) is 0 Å². The third kappa shape index (κ3) is 3.69. The third-order valence-corrected chi connectivity index (χ3v) is 4.39. The van der Waals surface area contributed by atoms with Crippen LogP contribution >= 0.6 is 0 Å². The summed E-state index contributed by atoms with van der Waals surface area (Å²) in [4.78, 5) is 14.4. The van der Waals surface area contributed by atoms with Crippen molar-refractivity contribution in [2.24, 2.45) is 0 Å². The number of methoxy groups -OCH3 is 1. The Morgan fingerprint density at radius 2 is 1.88 bits per heavy atom. The van der Waals surface area contributed by atoms with Crippen LogP contribution in [-0.4, -0.2) is 46.9 Å². The maximum Gasteiger partial charge on any atom is 0.247 e. The molecule has 1 aromatic carbocycles. The number of hydrogen-bond acceptors (Lipinski definition) is 4. The summed E-state index contributed by atoms with van der Waals surface area (Å²) in [5.41, 5.74) is 0. The SMILES string of the molecule is COc1ccc(OC2CCN(C(=O)[C@@H](C)n3cccn3)CC2)cc1. The topological polar surface area (TPSA) is 56.6 Å². The summed E-state index contributed by atoms with van der Waals surface area (Å²) in [7, 11) is 1.65. The van der Waals surface area contributed by atoms with E-state index in [1.807, 2.05) is 48.4 Å². The van der Waals surface area contributed by atoms with Gasteiger partial charge in [-0.1, -0.05) is 0 Å². The van der Waals surface area contributed by atoms with Crippen molar-refractivity contribution in [3.8, 4) is 11.5 Å². The second-order valence-electron chi connectivity index (χ2n) is 5.98. The van der Waals surface area contributed by atoms with Gasteiger partial charge >= 0.3 is 0 Å². The second-order valence-corrected chi connectivity index (χ2v) is 5.98. The van der Waals surface area contributed by atoms with Crippen LogP contribution in [0.3, 0.4) is 0 Å². The molecule has 0 bridgehead atoms. The van der Waals surface area contributed by atoms with Gasteiger partial charge in [0.2, 0.25) is 5.91 Å². The van der Waals surface area contributed by atoms with E-state index in [1.54, 1.807) is 18.0 Å². The van der Waals surface area contributed by atoms with E-state index in [9.17, 15) is 4.79 Å².